The van der Waals surface area contributed by atoms with Gasteiger partial charge in [0.05, 0.1) is 18.9 Å². The first kappa shape index (κ1) is 15.9. The molecule has 0 saturated carbocycles. The van der Waals surface area contributed by atoms with Gasteiger partial charge in [0, 0.05) is 24.8 Å². The predicted octanol–water partition coefficient (Wildman–Crippen LogP) is 1.35. The highest BCUT2D eigenvalue weighted by Crippen LogP contribution is 2.20. The summed E-state index contributed by atoms with van der Waals surface area (Å²) >= 11 is 0. The Hall–Kier alpha value is -2.02. The van der Waals surface area contributed by atoms with Gasteiger partial charge in [0.25, 0.3) is 0 Å². The molecule has 2 heterocycles. The molecule has 0 aliphatic carbocycles. The molecule has 1 fully saturated rings. The lowest BCUT2D eigenvalue weighted by Gasteiger charge is -2.29. The van der Waals surface area contributed by atoms with E-state index in [1.165, 1.54) is 0 Å². The van der Waals surface area contributed by atoms with Gasteiger partial charge in [-0.2, -0.15) is 0 Å². The standard InChI is InChI=1S/C17H21N3O3/c1-20-8-9-22-16(10-20)12-23-15-4-2-13(3-5-15)17-18-7-6-14(11-21)19-17/h2-7,16,21H,8-12H2,1H3/t16-/m0/s1. The third kappa shape index (κ3) is 4.25. The first-order valence-electron chi connectivity index (χ1n) is 7.71. The molecule has 1 atom stereocenters. The lowest BCUT2D eigenvalue weighted by molar-refractivity contribution is -0.0403. The normalized spacial score (nSPS) is 18.8. The van der Waals surface area contributed by atoms with Crippen LogP contribution in [-0.2, 0) is 11.3 Å². The number of hydrogen-bond acceptors (Lipinski definition) is 6. The van der Waals surface area contributed by atoms with E-state index in [4.69, 9.17) is 14.6 Å². The molecule has 0 bridgehead atoms. The zero-order valence-corrected chi connectivity index (χ0v) is 13.2. The van der Waals surface area contributed by atoms with Crippen LogP contribution in [0.15, 0.2) is 36.5 Å². The van der Waals surface area contributed by atoms with Gasteiger partial charge in [-0.3, -0.25) is 0 Å². The minimum absolute atomic E-state index is 0.0907. The molecular formula is C17H21N3O3. The number of aliphatic hydroxyl groups is 1. The van der Waals surface area contributed by atoms with Crippen molar-refractivity contribution >= 4 is 0 Å². The summed E-state index contributed by atoms with van der Waals surface area (Å²) in [5.41, 5.74) is 1.50. The van der Waals surface area contributed by atoms with Crippen LogP contribution in [0, 0.1) is 0 Å². The number of ether oxygens (including phenoxy) is 2. The van der Waals surface area contributed by atoms with Crippen molar-refractivity contribution in [3.8, 4) is 17.1 Å². The van der Waals surface area contributed by atoms with Crippen molar-refractivity contribution in [3.05, 3.63) is 42.2 Å². The molecule has 0 radical (unpaired) electrons. The first-order chi connectivity index (χ1) is 11.2. The van der Waals surface area contributed by atoms with E-state index < -0.39 is 0 Å². The third-order valence-corrected chi connectivity index (χ3v) is 3.77. The molecule has 1 saturated heterocycles. The second kappa shape index (κ2) is 7.50. The van der Waals surface area contributed by atoms with Crippen LogP contribution in [0.3, 0.4) is 0 Å². The first-order valence-corrected chi connectivity index (χ1v) is 7.71. The zero-order chi connectivity index (χ0) is 16.1. The Balaban J connectivity index is 1.60. The van der Waals surface area contributed by atoms with Crippen LogP contribution in [0.4, 0.5) is 0 Å². The minimum atomic E-state index is -0.0907. The summed E-state index contributed by atoms with van der Waals surface area (Å²) in [6, 6.07) is 9.33. The van der Waals surface area contributed by atoms with Crippen LogP contribution < -0.4 is 4.74 Å². The van der Waals surface area contributed by atoms with Gasteiger partial charge in [0.2, 0.25) is 0 Å². The van der Waals surface area contributed by atoms with Crippen LogP contribution in [0.25, 0.3) is 11.4 Å². The molecule has 0 amide bonds. The average molecular weight is 315 g/mol. The third-order valence-electron chi connectivity index (χ3n) is 3.77. The maximum Gasteiger partial charge on any atom is 0.159 e. The second-order valence-electron chi connectivity index (χ2n) is 5.62. The van der Waals surface area contributed by atoms with Crippen molar-refractivity contribution in [1.82, 2.24) is 14.9 Å². The lowest BCUT2D eigenvalue weighted by atomic mass is 10.2. The van der Waals surface area contributed by atoms with Crippen LogP contribution in [-0.4, -0.2) is 59.4 Å². The van der Waals surface area contributed by atoms with Crippen molar-refractivity contribution in [3.63, 3.8) is 0 Å². The highest BCUT2D eigenvalue weighted by Gasteiger charge is 2.18. The van der Waals surface area contributed by atoms with Gasteiger partial charge in [-0.1, -0.05) is 0 Å². The second-order valence-corrected chi connectivity index (χ2v) is 5.62. The van der Waals surface area contributed by atoms with E-state index in [0.29, 0.717) is 18.1 Å². The fourth-order valence-electron chi connectivity index (χ4n) is 2.48. The van der Waals surface area contributed by atoms with E-state index in [1.807, 2.05) is 24.3 Å². The van der Waals surface area contributed by atoms with E-state index in [1.54, 1.807) is 12.3 Å². The van der Waals surface area contributed by atoms with Gasteiger partial charge in [-0.15, -0.1) is 0 Å². The molecule has 1 aliphatic heterocycles. The fourth-order valence-corrected chi connectivity index (χ4v) is 2.48. The maximum atomic E-state index is 9.14. The molecule has 3 rings (SSSR count). The van der Waals surface area contributed by atoms with E-state index in [0.717, 1.165) is 31.0 Å². The number of nitrogens with zero attached hydrogens (tertiary/aromatic N) is 3. The molecule has 1 aliphatic rings. The summed E-state index contributed by atoms with van der Waals surface area (Å²) in [5.74, 6) is 1.39. The molecule has 1 aromatic heterocycles. The maximum absolute atomic E-state index is 9.14. The number of aromatic nitrogens is 2. The van der Waals surface area contributed by atoms with Crippen molar-refractivity contribution in [2.75, 3.05) is 33.4 Å². The number of morpholine rings is 1. The Morgan fingerprint density at radius 2 is 2.13 bits per heavy atom. The summed E-state index contributed by atoms with van der Waals surface area (Å²) in [4.78, 5) is 10.8. The fraction of sp³-hybridized carbons (Fsp3) is 0.412. The Labute approximate surface area is 135 Å². The molecule has 0 spiro atoms. The van der Waals surface area contributed by atoms with E-state index >= 15 is 0 Å². The van der Waals surface area contributed by atoms with Gasteiger partial charge in [0.15, 0.2) is 5.82 Å². The van der Waals surface area contributed by atoms with Crippen LogP contribution in [0.5, 0.6) is 5.75 Å². The molecule has 23 heavy (non-hydrogen) atoms. The molecule has 122 valence electrons. The van der Waals surface area contributed by atoms with E-state index in [-0.39, 0.29) is 12.7 Å². The van der Waals surface area contributed by atoms with Crippen LogP contribution in [0.1, 0.15) is 5.69 Å². The Kier molecular flexibility index (Phi) is 5.17. The Morgan fingerprint density at radius 3 is 2.87 bits per heavy atom. The summed E-state index contributed by atoms with van der Waals surface area (Å²) in [5, 5.41) is 9.14. The van der Waals surface area contributed by atoms with Gasteiger partial charge in [0.1, 0.15) is 18.5 Å². The number of rotatable bonds is 5. The highest BCUT2D eigenvalue weighted by atomic mass is 16.5. The highest BCUT2D eigenvalue weighted by molar-refractivity contribution is 5.56. The Bertz CT molecular complexity index is 633. The molecule has 0 unspecified atom stereocenters. The molecule has 1 aromatic carbocycles. The van der Waals surface area contributed by atoms with Gasteiger partial charge in [-0.25, -0.2) is 9.97 Å². The average Bonchev–Trinajstić information content (AvgIpc) is 2.60. The molecule has 2 aromatic rings. The number of aliphatic hydroxyl groups excluding tert-OH is 1. The smallest absolute Gasteiger partial charge is 0.159 e. The monoisotopic (exact) mass is 315 g/mol. The lowest BCUT2D eigenvalue weighted by Crippen LogP contribution is -2.42. The van der Waals surface area contributed by atoms with E-state index in [9.17, 15) is 0 Å². The van der Waals surface area contributed by atoms with E-state index in [2.05, 4.69) is 21.9 Å². The van der Waals surface area contributed by atoms with Crippen LogP contribution in [0.2, 0.25) is 0 Å². The molecule has 6 heteroatoms. The van der Waals surface area contributed by atoms with Gasteiger partial charge in [-0.05, 0) is 37.4 Å². The quantitative estimate of drug-likeness (QED) is 0.898. The number of likely N-dealkylation sites (N-methyl/N-ethyl adjacent to an activating group) is 1. The van der Waals surface area contributed by atoms with Crippen LogP contribution >= 0.6 is 0 Å². The minimum Gasteiger partial charge on any atom is -0.491 e. The largest absolute Gasteiger partial charge is 0.491 e. The van der Waals surface area contributed by atoms with Crippen molar-refractivity contribution in [2.24, 2.45) is 0 Å². The number of hydrogen-bond donors (Lipinski definition) is 1. The summed E-state index contributed by atoms with van der Waals surface area (Å²) in [6.45, 7) is 3.06. The predicted molar refractivity (Wildman–Crippen MR) is 86.1 cm³/mol. The molecule has 6 nitrogen and oxygen atoms in total. The summed E-state index contributed by atoms with van der Waals surface area (Å²) in [7, 11) is 2.09. The summed E-state index contributed by atoms with van der Waals surface area (Å²) in [6.07, 6.45) is 1.76. The molecule has 1 N–H and O–H groups in total. The molecular weight excluding hydrogens is 294 g/mol. The zero-order valence-electron chi connectivity index (χ0n) is 13.2. The van der Waals surface area contributed by atoms with Crippen molar-refractivity contribution in [1.29, 1.82) is 0 Å². The topological polar surface area (TPSA) is 67.7 Å². The SMILES string of the molecule is CN1CCO[C@H](COc2ccc(-c3nccc(CO)n3)cc2)C1. The van der Waals surface area contributed by atoms with Crippen molar-refractivity contribution in [2.45, 2.75) is 12.7 Å². The van der Waals surface area contributed by atoms with Gasteiger partial charge >= 0.3 is 0 Å². The van der Waals surface area contributed by atoms with Crippen molar-refractivity contribution < 1.29 is 14.6 Å². The van der Waals surface area contributed by atoms with Gasteiger partial charge < -0.3 is 19.5 Å². The Morgan fingerprint density at radius 1 is 1.30 bits per heavy atom. The summed E-state index contributed by atoms with van der Waals surface area (Å²) < 4.78 is 11.5. The number of benzene rings is 1.